The number of nitrogens with two attached hydrogens (primary N) is 1. The minimum atomic E-state index is -3.83. The molecule has 0 radical (unpaired) electrons. The number of hydrogen-bond acceptors (Lipinski definition) is 3. The molecule has 0 amide bonds. The smallest absolute Gasteiger partial charge is 0.246 e. The molecule has 1 aromatic carbocycles. The van der Waals surface area contributed by atoms with Gasteiger partial charge in [-0.3, -0.25) is 0 Å². The lowest BCUT2D eigenvalue weighted by Crippen LogP contribution is -2.37. The molecule has 2 N–H and O–H groups in total. The molecule has 4 nitrogen and oxygen atoms in total. The number of benzene rings is 1. The molecule has 0 spiro atoms. The molecule has 0 heterocycles. The topological polar surface area (TPSA) is 63.4 Å². The van der Waals surface area contributed by atoms with Gasteiger partial charge in [0.05, 0.1) is 0 Å². The lowest BCUT2D eigenvalue weighted by atomic mass is 10.2. The Kier molecular flexibility index (Phi) is 6.31. The van der Waals surface area contributed by atoms with E-state index in [1.54, 1.807) is 6.07 Å². The molecule has 0 saturated heterocycles. The maximum atomic E-state index is 14.1. The molecule has 120 valence electrons. The molecule has 0 saturated carbocycles. The van der Waals surface area contributed by atoms with Crippen LogP contribution >= 0.6 is 0 Å². The molecular formula is C15H25FN2O2S. The summed E-state index contributed by atoms with van der Waals surface area (Å²) in [6.07, 6.45) is 0. The Labute approximate surface area is 127 Å². The van der Waals surface area contributed by atoms with Gasteiger partial charge >= 0.3 is 0 Å². The van der Waals surface area contributed by atoms with E-state index in [0.717, 1.165) is 0 Å². The van der Waals surface area contributed by atoms with E-state index < -0.39 is 15.8 Å². The van der Waals surface area contributed by atoms with Crippen molar-refractivity contribution in [1.82, 2.24) is 4.31 Å². The van der Waals surface area contributed by atoms with Gasteiger partial charge in [-0.2, -0.15) is 4.31 Å². The van der Waals surface area contributed by atoms with Gasteiger partial charge in [-0.1, -0.05) is 33.8 Å². The monoisotopic (exact) mass is 316 g/mol. The molecule has 1 rings (SSSR count). The van der Waals surface area contributed by atoms with Gasteiger partial charge in [0.25, 0.3) is 0 Å². The van der Waals surface area contributed by atoms with E-state index in [1.165, 1.54) is 16.4 Å². The van der Waals surface area contributed by atoms with Crippen molar-refractivity contribution in [2.24, 2.45) is 17.6 Å². The van der Waals surface area contributed by atoms with E-state index in [2.05, 4.69) is 0 Å². The third-order valence-corrected chi connectivity index (χ3v) is 4.85. The standard InChI is InChI=1S/C15H25FN2O2S/c1-11(2)9-18(10-12(3)4)21(19,20)15-6-5-13(8-17)7-14(15)16/h5-7,11-12H,8-10,17H2,1-4H3. The fourth-order valence-corrected chi connectivity index (χ4v) is 3.92. The van der Waals surface area contributed by atoms with Crippen LogP contribution in [0.3, 0.4) is 0 Å². The number of halogens is 1. The Morgan fingerprint density at radius 2 is 1.67 bits per heavy atom. The van der Waals surface area contributed by atoms with Gasteiger partial charge in [0.1, 0.15) is 10.7 Å². The van der Waals surface area contributed by atoms with E-state index >= 15 is 0 Å². The van der Waals surface area contributed by atoms with E-state index in [0.29, 0.717) is 18.7 Å². The van der Waals surface area contributed by atoms with Crippen molar-refractivity contribution >= 4 is 10.0 Å². The van der Waals surface area contributed by atoms with E-state index in [1.807, 2.05) is 27.7 Å². The quantitative estimate of drug-likeness (QED) is 0.841. The van der Waals surface area contributed by atoms with Crippen molar-refractivity contribution in [2.75, 3.05) is 13.1 Å². The van der Waals surface area contributed by atoms with Gasteiger partial charge < -0.3 is 5.73 Å². The highest BCUT2D eigenvalue weighted by atomic mass is 32.2. The largest absolute Gasteiger partial charge is 0.326 e. The number of rotatable bonds is 7. The molecule has 21 heavy (non-hydrogen) atoms. The molecule has 0 unspecified atom stereocenters. The van der Waals surface area contributed by atoms with Gasteiger partial charge in [-0.25, -0.2) is 12.8 Å². The highest BCUT2D eigenvalue weighted by Gasteiger charge is 2.28. The molecule has 0 aliphatic rings. The van der Waals surface area contributed by atoms with Gasteiger partial charge in [0.2, 0.25) is 10.0 Å². The third kappa shape index (κ3) is 4.76. The first kappa shape index (κ1) is 18.1. The van der Waals surface area contributed by atoms with Crippen LogP contribution in [0.1, 0.15) is 33.3 Å². The number of sulfonamides is 1. The maximum Gasteiger partial charge on any atom is 0.246 e. The summed E-state index contributed by atoms with van der Waals surface area (Å²) in [6.45, 7) is 8.69. The van der Waals surface area contributed by atoms with Crippen LogP contribution in [-0.2, 0) is 16.6 Å². The van der Waals surface area contributed by atoms with Crippen molar-refractivity contribution in [3.05, 3.63) is 29.6 Å². The normalized spacial score (nSPS) is 12.6. The van der Waals surface area contributed by atoms with Crippen molar-refractivity contribution in [3.63, 3.8) is 0 Å². The summed E-state index contributed by atoms with van der Waals surface area (Å²) in [5.41, 5.74) is 6.02. The lowest BCUT2D eigenvalue weighted by Gasteiger charge is -2.26. The lowest BCUT2D eigenvalue weighted by molar-refractivity contribution is 0.332. The molecule has 0 aromatic heterocycles. The summed E-state index contributed by atoms with van der Waals surface area (Å²) in [5, 5.41) is 0. The fourth-order valence-electron chi connectivity index (χ4n) is 2.10. The fraction of sp³-hybridized carbons (Fsp3) is 0.600. The predicted octanol–water partition coefficient (Wildman–Crippen LogP) is 2.59. The highest BCUT2D eigenvalue weighted by molar-refractivity contribution is 7.89. The van der Waals surface area contributed by atoms with Crippen LogP contribution in [0.15, 0.2) is 23.1 Å². The van der Waals surface area contributed by atoms with Crippen molar-refractivity contribution < 1.29 is 12.8 Å². The third-order valence-electron chi connectivity index (χ3n) is 2.99. The van der Waals surface area contributed by atoms with Gasteiger partial charge in [0, 0.05) is 19.6 Å². The summed E-state index contributed by atoms with van der Waals surface area (Å²) in [6, 6.07) is 4.05. The van der Waals surface area contributed by atoms with Crippen LogP contribution < -0.4 is 5.73 Å². The van der Waals surface area contributed by atoms with Crippen LogP contribution in [0.4, 0.5) is 4.39 Å². The molecule has 0 aliphatic heterocycles. The first-order valence-electron chi connectivity index (χ1n) is 7.17. The average Bonchev–Trinajstić information content (AvgIpc) is 2.36. The summed E-state index contributed by atoms with van der Waals surface area (Å²) in [7, 11) is -3.83. The Balaban J connectivity index is 3.21. The SMILES string of the molecule is CC(C)CN(CC(C)C)S(=O)(=O)c1ccc(CN)cc1F. The zero-order valence-corrected chi connectivity index (χ0v) is 14.0. The van der Waals surface area contributed by atoms with E-state index in [-0.39, 0.29) is 23.3 Å². The predicted molar refractivity (Wildman–Crippen MR) is 82.7 cm³/mol. The van der Waals surface area contributed by atoms with E-state index in [9.17, 15) is 12.8 Å². The molecule has 0 atom stereocenters. The Hall–Kier alpha value is -0.980. The van der Waals surface area contributed by atoms with Gasteiger partial charge in [-0.15, -0.1) is 0 Å². The molecule has 0 bridgehead atoms. The Bertz CT molecular complexity index is 561. The van der Waals surface area contributed by atoms with Gasteiger partial charge in [0.15, 0.2) is 0 Å². The minimum absolute atomic E-state index is 0.171. The van der Waals surface area contributed by atoms with Crippen LogP contribution in [0, 0.1) is 17.7 Å². The number of nitrogens with zero attached hydrogens (tertiary/aromatic N) is 1. The van der Waals surface area contributed by atoms with Crippen molar-refractivity contribution in [3.8, 4) is 0 Å². The van der Waals surface area contributed by atoms with Crippen molar-refractivity contribution in [1.29, 1.82) is 0 Å². The zero-order chi connectivity index (χ0) is 16.2. The summed E-state index contributed by atoms with van der Waals surface area (Å²) in [4.78, 5) is -0.277. The second kappa shape index (κ2) is 7.33. The van der Waals surface area contributed by atoms with Crippen LogP contribution in [0.5, 0.6) is 0 Å². The highest BCUT2D eigenvalue weighted by Crippen LogP contribution is 2.22. The molecule has 0 aliphatic carbocycles. The summed E-state index contributed by atoms with van der Waals surface area (Å²) >= 11 is 0. The molecule has 1 aromatic rings. The second-order valence-electron chi connectivity index (χ2n) is 6.08. The Morgan fingerprint density at radius 1 is 1.14 bits per heavy atom. The van der Waals surface area contributed by atoms with Gasteiger partial charge in [-0.05, 0) is 29.5 Å². The van der Waals surface area contributed by atoms with Crippen molar-refractivity contribution in [2.45, 2.75) is 39.1 Å². The summed E-state index contributed by atoms with van der Waals surface area (Å²) < 4.78 is 40.8. The number of hydrogen-bond donors (Lipinski definition) is 1. The molecule has 6 heteroatoms. The van der Waals surface area contributed by atoms with Crippen LogP contribution in [-0.4, -0.2) is 25.8 Å². The van der Waals surface area contributed by atoms with Crippen LogP contribution in [0.2, 0.25) is 0 Å². The second-order valence-corrected chi connectivity index (χ2v) is 7.98. The molecule has 0 fully saturated rings. The first-order valence-corrected chi connectivity index (χ1v) is 8.61. The first-order chi connectivity index (χ1) is 9.68. The Morgan fingerprint density at radius 3 is 2.05 bits per heavy atom. The minimum Gasteiger partial charge on any atom is -0.326 e. The average molecular weight is 316 g/mol. The zero-order valence-electron chi connectivity index (χ0n) is 13.1. The van der Waals surface area contributed by atoms with Crippen LogP contribution in [0.25, 0.3) is 0 Å². The van der Waals surface area contributed by atoms with E-state index in [4.69, 9.17) is 5.73 Å². The summed E-state index contributed by atoms with van der Waals surface area (Å²) in [5.74, 6) is -0.398. The molecular weight excluding hydrogens is 291 g/mol. The maximum absolute atomic E-state index is 14.1.